The molecule has 0 saturated heterocycles. The maximum Gasteiger partial charge on any atom is 0.323 e. The Kier molecular flexibility index (Phi) is 19.4. The Morgan fingerprint density at radius 1 is 0.474 bits per heavy atom. The fraction of sp³-hybridized carbons (Fsp3) is 0.245. The molecular formula is C49H52N10O13S4. The molecule has 0 atom stereocenters. The van der Waals surface area contributed by atoms with E-state index in [-0.39, 0.29) is 46.5 Å². The molecule has 27 heteroatoms. The first-order valence-corrected chi connectivity index (χ1v) is 28.2. The van der Waals surface area contributed by atoms with Crippen LogP contribution in [0.1, 0.15) is 46.2 Å². The summed E-state index contributed by atoms with van der Waals surface area (Å²) in [5.41, 5.74) is 8.05. The predicted molar refractivity (Wildman–Crippen MR) is 288 cm³/mol. The Hall–Kier alpha value is -7.37. The van der Waals surface area contributed by atoms with Crippen LogP contribution in [0, 0.1) is 41.5 Å². The summed E-state index contributed by atoms with van der Waals surface area (Å²) < 4.78 is 117. The topological polar surface area (TPSA) is 342 Å². The van der Waals surface area contributed by atoms with Gasteiger partial charge in [0.15, 0.2) is 0 Å². The number of carbonyl (C=O) groups excluding carboxylic acids is 1. The molecule has 6 aromatic rings. The number of hydrogen-bond donors (Lipinski definition) is 6. The Bertz CT molecular complexity index is 3600. The van der Waals surface area contributed by atoms with Crippen molar-refractivity contribution >= 4 is 105 Å². The molecule has 0 fully saturated rings. The molecule has 76 heavy (non-hydrogen) atoms. The first-order chi connectivity index (χ1) is 35.9. The summed E-state index contributed by atoms with van der Waals surface area (Å²) in [4.78, 5) is 12.9. The molecule has 6 N–H and O–H groups in total. The van der Waals surface area contributed by atoms with Crippen LogP contribution in [0.3, 0.4) is 0 Å². The highest BCUT2D eigenvalue weighted by Gasteiger charge is 2.16. The van der Waals surface area contributed by atoms with E-state index in [0.717, 1.165) is 0 Å². The number of ether oxygens (including phenoxy) is 2. The van der Waals surface area contributed by atoms with Crippen LogP contribution in [-0.2, 0) is 30.4 Å². The highest BCUT2D eigenvalue weighted by atomic mass is 32.2. The van der Waals surface area contributed by atoms with Crippen LogP contribution in [0.25, 0.3) is 0 Å². The molecule has 0 spiro atoms. The molecule has 0 radical (unpaired) electrons. The van der Waals surface area contributed by atoms with Crippen molar-refractivity contribution < 1.29 is 57.7 Å². The van der Waals surface area contributed by atoms with E-state index in [2.05, 4.69) is 51.5 Å². The van der Waals surface area contributed by atoms with Gasteiger partial charge in [-0.05, 0) is 185 Å². The summed E-state index contributed by atoms with van der Waals surface area (Å²) >= 11 is 0.697. The van der Waals surface area contributed by atoms with E-state index in [1.165, 1.54) is 54.6 Å². The molecule has 0 saturated carbocycles. The summed E-state index contributed by atoms with van der Waals surface area (Å²) in [5.74, 6) is 0.430. The average Bonchev–Trinajstić information content (AvgIpc) is 3.34. The molecule has 0 aliphatic carbocycles. The lowest BCUT2D eigenvalue weighted by molar-refractivity contribution is 0.262. The fourth-order valence-electron chi connectivity index (χ4n) is 6.83. The molecule has 6 rings (SSSR count). The minimum Gasteiger partial charge on any atom is -0.491 e. The van der Waals surface area contributed by atoms with Gasteiger partial charge in [0, 0.05) is 29.3 Å². The number of hydrogen-bond acceptors (Lipinski definition) is 19. The quantitative estimate of drug-likeness (QED) is 0.0159. The highest BCUT2D eigenvalue weighted by molar-refractivity contribution is 7.93. The van der Waals surface area contributed by atoms with Gasteiger partial charge in [0.05, 0.1) is 62.9 Å². The summed E-state index contributed by atoms with van der Waals surface area (Å²) in [6.45, 7) is 10.9. The lowest BCUT2D eigenvalue weighted by Crippen LogP contribution is -2.20. The van der Waals surface area contributed by atoms with Crippen LogP contribution in [0.2, 0.25) is 0 Å². The zero-order chi connectivity index (χ0) is 55.4. The number of benzene rings is 6. The van der Waals surface area contributed by atoms with Crippen molar-refractivity contribution in [2.24, 2.45) is 40.9 Å². The minimum absolute atomic E-state index is 0.0390. The second-order valence-electron chi connectivity index (χ2n) is 17.0. The molecule has 23 nitrogen and oxygen atoms in total. The van der Waals surface area contributed by atoms with E-state index in [0.29, 0.717) is 109 Å². The van der Waals surface area contributed by atoms with Crippen LogP contribution in [-0.4, -0.2) is 74.2 Å². The summed E-state index contributed by atoms with van der Waals surface area (Å²) in [7, 11) is -13.0. The summed E-state index contributed by atoms with van der Waals surface area (Å²) in [6.07, 6.45) is 0.495. The molecule has 400 valence electrons. The van der Waals surface area contributed by atoms with Gasteiger partial charge in [-0.2, -0.15) is 55.9 Å². The fourth-order valence-corrected chi connectivity index (χ4v) is 8.52. The van der Waals surface area contributed by atoms with E-state index >= 15 is 0 Å². The van der Waals surface area contributed by atoms with Gasteiger partial charge in [-0.15, -0.1) is 10.2 Å². The Balaban J connectivity index is 1.16. The van der Waals surface area contributed by atoms with Crippen molar-refractivity contribution in [1.29, 1.82) is 0 Å². The van der Waals surface area contributed by atoms with Crippen molar-refractivity contribution in [2.75, 3.05) is 35.4 Å². The number of rotatable bonds is 22. The van der Waals surface area contributed by atoms with Crippen LogP contribution in [0.15, 0.2) is 148 Å². The Labute approximate surface area is 443 Å². The van der Waals surface area contributed by atoms with Crippen LogP contribution in [0.5, 0.6) is 11.5 Å². The number of amides is 2. The van der Waals surface area contributed by atoms with Gasteiger partial charge < -0.3 is 24.7 Å². The molecule has 0 heterocycles. The van der Waals surface area contributed by atoms with Gasteiger partial charge in [-0.25, -0.2) is 4.79 Å². The zero-order valence-electron chi connectivity index (χ0n) is 41.7. The van der Waals surface area contributed by atoms with Crippen LogP contribution in [0.4, 0.5) is 61.7 Å². The monoisotopic (exact) mass is 1120 g/mol. The SMILES string of the molecule is Cc1cc(N=Nc2cc(C)c(NC(=O)Nc3cc(C)c(N=Nc4cc(C)c(N=Nc5ccc(S(=O)(=O)O)cc5)cc4OCCCS(=O)(=O)O)cc3C)cc2C)c(OCCCSO)cc1N=Nc1ccc(S(=O)(=O)O)cc1. The molecule has 0 bridgehead atoms. The van der Waals surface area contributed by atoms with E-state index in [4.69, 9.17) is 9.47 Å². The standard InChI is InChI=1S/C49H52N10O13S4/c1-29-23-41(56-58-45-25-33(5)43(27-47(45)71-17-7-19-73-61)54-52-35-9-13-37(14-10-35)75(65,66)67)31(3)21-39(29)50-49(60)51-40-22-32(4)42(24-30(40)2)57-59-46-26-34(6)44(28-48(46)72-18-8-20-74(62,63)64)55-53-36-11-15-38(16-12-36)76(68,69)70/h9-16,21-28,61H,7-8,17-20H2,1-6H3,(H2,50,51,60)(H,62,63,64)(H,65,66,67)(H,68,69,70). The first-order valence-electron chi connectivity index (χ1n) is 22.8. The van der Waals surface area contributed by atoms with E-state index < -0.39 is 42.1 Å². The average molecular weight is 1120 g/mol. The highest BCUT2D eigenvalue weighted by Crippen LogP contribution is 2.40. The maximum atomic E-state index is 13.5. The van der Waals surface area contributed by atoms with Gasteiger partial charge in [-0.3, -0.25) is 13.7 Å². The third-order valence-electron chi connectivity index (χ3n) is 10.9. The van der Waals surface area contributed by atoms with Gasteiger partial charge >= 0.3 is 6.03 Å². The molecule has 2 amide bonds. The summed E-state index contributed by atoms with van der Waals surface area (Å²) in [6, 6.07) is 23.3. The number of aryl methyl sites for hydroxylation is 6. The van der Waals surface area contributed by atoms with Gasteiger partial charge in [0.25, 0.3) is 30.4 Å². The van der Waals surface area contributed by atoms with E-state index in [9.17, 15) is 48.3 Å². The predicted octanol–water partition coefficient (Wildman–Crippen LogP) is 14.0. The largest absolute Gasteiger partial charge is 0.491 e. The third kappa shape index (κ3) is 16.8. The van der Waals surface area contributed by atoms with E-state index in [1.54, 1.807) is 70.2 Å². The molecule has 0 aliphatic heterocycles. The van der Waals surface area contributed by atoms with Crippen LogP contribution < -0.4 is 20.1 Å². The van der Waals surface area contributed by atoms with Crippen molar-refractivity contribution in [3.63, 3.8) is 0 Å². The van der Waals surface area contributed by atoms with Gasteiger partial charge in [0.1, 0.15) is 22.9 Å². The van der Waals surface area contributed by atoms with E-state index in [1.807, 2.05) is 13.8 Å². The van der Waals surface area contributed by atoms with Crippen molar-refractivity contribution in [3.05, 3.63) is 130 Å². The smallest absolute Gasteiger partial charge is 0.323 e. The molecule has 0 aromatic heterocycles. The molecule has 0 unspecified atom stereocenters. The van der Waals surface area contributed by atoms with Crippen molar-refractivity contribution in [1.82, 2.24) is 0 Å². The second-order valence-corrected chi connectivity index (χ2v) is 22.0. The Morgan fingerprint density at radius 2 is 0.816 bits per heavy atom. The lowest BCUT2D eigenvalue weighted by Gasteiger charge is -2.14. The number of carbonyl (C=O) groups is 1. The van der Waals surface area contributed by atoms with Crippen molar-refractivity contribution in [3.8, 4) is 11.5 Å². The zero-order valence-corrected chi connectivity index (χ0v) is 44.9. The molecule has 6 aromatic carbocycles. The number of nitrogens with one attached hydrogen (secondary N) is 2. The van der Waals surface area contributed by atoms with Gasteiger partial charge in [0.2, 0.25) is 0 Å². The molecule has 0 aliphatic rings. The van der Waals surface area contributed by atoms with Crippen molar-refractivity contribution in [2.45, 2.75) is 64.2 Å². The summed E-state index contributed by atoms with van der Waals surface area (Å²) in [5, 5.41) is 40.6. The number of urea groups is 1. The normalized spacial score (nSPS) is 12.3. The first kappa shape index (κ1) is 57.9. The number of nitrogens with zero attached hydrogens (tertiary/aromatic N) is 8. The Morgan fingerprint density at radius 3 is 1.20 bits per heavy atom. The maximum absolute atomic E-state index is 13.5. The second kappa shape index (κ2) is 25.4. The van der Waals surface area contributed by atoms with Gasteiger partial charge in [-0.1, -0.05) is 0 Å². The minimum atomic E-state index is -4.40. The number of azo groups is 4. The third-order valence-corrected chi connectivity index (χ3v) is 13.9. The molecular weight excluding hydrogens is 1060 g/mol. The lowest BCUT2D eigenvalue weighted by atomic mass is 10.1. The van der Waals surface area contributed by atoms with Crippen LogP contribution >= 0.6 is 12.0 Å². The number of anilines is 2.